The highest BCUT2D eigenvalue weighted by Gasteiger charge is 2.23. The molecule has 0 saturated heterocycles. The Hall–Kier alpha value is -2.86. The van der Waals surface area contributed by atoms with Crippen molar-refractivity contribution in [1.29, 1.82) is 0 Å². The largest absolute Gasteiger partial charge is 0.465 e. The Morgan fingerprint density at radius 1 is 1.15 bits per heavy atom. The maximum atomic E-state index is 12.5. The molecule has 0 atom stereocenters. The van der Waals surface area contributed by atoms with Crippen molar-refractivity contribution in [2.75, 3.05) is 23.9 Å². The summed E-state index contributed by atoms with van der Waals surface area (Å²) in [5.74, 6) is -0.905. The first-order chi connectivity index (χ1) is 12.4. The van der Waals surface area contributed by atoms with Crippen LogP contribution in [0, 0.1) is 0 Å². The van der Waals surface area contributed by atoms with Gasteiger partial charge >= 0.3 is 5.97 Å². The predicted molar refractivity (Wildman–Crippen MR) is 98.9 cm³/mol. The molecule has 2 aromatic rings. The fourth-order valence-electron chi connectivity index (χ4n) is 2.94. The maximum Gasteiger partial charge on any atom is 0.339 e. The number of benzene rings is 2. The molecule has 7 heteroatoms. The van der Waals surface area contributed by atoms with Gasteiger partial charge in [0.25, 0.3) is 5.91 Å². The van der Waals surface area contributed by atoms with Gasteiger partial charge in [-0.1, -0.05) is 11.6 Å². The normalized spacial score (nSPS) is 12.5. The third kappa shape index (κ3) is 3.41. The number of hydrogen-bond donors (Lipinski definition) is 1. The molecule has 0 aromatic heterocycles. The van der Waals surface area contributed by atoms with Gasteiger partial charge in [-0.15, -0.1) is 0 Å². The van der Waals surface area contributed by atoms with Crippen molar-refractivity contribution in [1.82, 2.24) is 0 Å². The van der Waals surface area contributed by atoms with E-state index in [1.165, 1.54) is 26.2 Å². The van der Waals surface area contributed by atoms with Crippen LogP contribution in [0.3, 0.4) is 0 Å². The molecule has 3 rings (SSSR count). The minimum atomic E-state index is -0.576. The minimum absolute atomic E-state index is 0.0162. The molecule has 134 valence electrons. The van der Waals surface area contributed by atoms with E-state index in [-0.39, 0.29) is 22.4 Å². The number of halogens is 1. The second-order valence-corrected chi connectivity index (χ2v) is 6.31. The van der Waals surface area contributed by atoms with Crippen molar-refractivity contribution in [2.24, 2.45) is 0 Å². The second kappa shape index (κ2) is 7.17. The number of amides is 2. The van der Waals surface area contributed by atoms with Crippen molar-refractivity contribution in [3.8, 4) is 0 Å². The van der Waals surface area contributed by atoms with Gasteiger partial charge in [0, 0.05) is 30.4 Å². The summed E-state index contributed by atoms with van der Waals surface area (Å²) in [6.45, 7) is 2.14. The van der Waals surface area contributed by atoms with Gasteiger partial charge in [0.15, 0.2) is 0 Å². The van der Waals surface area contributed by atoms with Gasteiger partial charge in [-0.3, -0.25) is 9.59 Å². The molecule has 0 fully saturated rings. The first-order valence-electron chi connectivity index (χ1n) is 8.01. The first-order valence-corrected chi connectivity index (χ1v) is 8.38. The summed E-state index contributed by atoms with van der Waals surface area (Å²) in [5.41, 5.74) is 2.89. The highest BCUT2D eigenvalue weighted by atomic mass is 35.5. The Labute approximate surface area is 155 Å². The lowest BCUT2D eigenvalue weighted by atomic mass is 10.1. The summed E-state index contributed by atoms with van der Waals surface area (Å²) >= 11 is 5.98. The van der Waals surface area contributed by atoms with Gasteiger partial charge in [-0.25, -0.2) is 4.79 Å². The fourth-order valence-corrected chi connectivity index (χ4v) is 3.14. The molecule has 2 aromatic carbocycles. The Balaban J connectivity index is 1.81. The van der Waals surface area contributed by atoms with Gasteiger partial charge in [0.05, 0.1) is 17.7 Å². The molecule has 26 heavy (non-hydrogen) atoms. The van der Waals surface area contributed by atoms with E-state index in [0.29, 0.717) is 24.2 Å². The highest BCUT2D eigenvalue weighted by Crippen LogP contribution is 2.29. The van der Waals surface area contributed by atoms with E-state index >= 15 is 0 Å². The minimum Gasteiger partial charge on any atom is -0.465 e. The van der Waals surface area contributed by atoms with Crippen LogP contribution in [0.4, 0.5) is 11.4 Å². The lowest BCUT2D eigenvalue weighted by Gasteiger charge is -2.15. The van der Waals surface area contributed by atoms with E-state index in [4.69, 9.17) is 11.6 Å². The molecule has 0 bridgehead atoms. The zero-order chi connectivity index (χ0) is 18.8. The summed E-state index contributed by atoms with van der Waals surface area (Å²) < 4.78 is 4.67. The van der Waals surface area contributed by atoms with Gasteiger partial charge in [0.2, 0.25) is 5.91 Å². The van der Waals surface area contributed by atoms with Crippen LogP contribution in [0.5, 0.6) is 0 Å². The number of carbonyl (C=O) groups excluding carboxylic acids is 3. The number of fused-ring (bicyclic) bond motifs is 1. The molecule has 0 spiro atoms. The van der Waals surface area contributed by atoms with Gasteiger partial charge in [-0.2, -0.15) is 0 Å². The van der Waals surface area contributed by atoms with Gasteiger partial charge in [0.1, 0.15) is 0 Å². The van der Waals surface area contributed by atoms with Gasteiger partial charge in [-0.05, 0) is 48.4 Å². The maximum absolute atomic E-state index is 12.5. The Morgan fingerprint density at radius 3 is 2.62 bits per heavy atom. The number of hydrogen-bond acceptors (Lipinski definition) is 4. The zero-order valence-corrected chi connectivity index (χ0v) is 15.1. The standard InChI is InChI=1S/C19H17ClN2O4/c1-11(23)22-8-7-12-9-13(3-6-17(12)22)18(24)21-14-4-5-16(20)15(10-14)19(25)26-2/h3-6,9-10H,7-8H2,1-2H3,(H,21,24). The fraction of sp³-hybridized carbons (Fsp3) is 0.211. The van der Waals surface area contributed by atoms with Crippen LogP contribution in [0.25, 0.3) is 0 Å². The van der Waals surface area contributed by atoms with Crippen molar-refractivity contribution in [3.05, 3.63) is 58.1 Å². The van der Waals surface area contributed by atoms with Crippen molar-refractivity contribution in [3.63, 3.8) is 0 Å². The van der Waals surface area contributed by atoms with Crippen molar-refractivity contribution in [2.45, 2.75) is 13.3 Å². The molecule has 0 aliphatic carbocycles. The molecule has 2 amide bonds. The topological polar surface area (TPSA) is 75.7 Å². The van der Waals surface area contributed by atoms with E-state index in [1.807, 2.05) is 0 Å². The Morgan fingerprint density at radius 2 is 1.92 bits per heavy atom. The molecule has 1 aliphatic heterocycles. The third-order valence-electron chi connectivity index (χ3n) is 4.25. The molecule has 1 N–H and O–H groups in total. The third-order valence-corrected chi connectivity index (χ3v) is 4.58. The summed E-state index contributed by atoms with van der Waals surface area (Å²) in [4.78, 5) is 37.5. The number of nitrogens with one attached hydrogen (secondary N) is 1. The summed E-state index contributed by atoms with van der Waals surface area (Å²) in [5, 5.41) is 2.99. The summed E-state index contributed by atoms with van der Waals surface area (Å²) in [6.07, 6.45) is 0.712. The lowest BCUT2D eigenvalue weighted by Crippen LogP contribution is -2.25. The summed E-state index contributed by atoms with van der Waals surface area (Å²) in [6, 6.07) is 9.84. The quantitative estimate of drug-likeness (QED) is 0.839. The average molecular weight is 373 g/mol. The van der Waals surface area contributed by atoms with Crippen LogP contribution in [0.2, 0.25) is 5.02 Å². The monoisotopic (exact) mass is 372 g/mol. The van der Waals surface area contributed by atoms with Crippen molar-refractivity contribution >= 4 is 40.8 Å². The zero-order valence-electron chi connectivity index (χ0n) is 14.3. The van der Waals surface area contributed by atoms with E-state index < -0.39 is 5.97 Å². The van der Waals surface area contributed by atoms with E-state index in [9.17, 15) is 14.4 Å². The average Bonchev–Trinajstić information content (AvgIpc) is 3.06. The van der Waals surface area contributed by atoms with Crippen LogP contribution in [0.1, 0.15) is 33.2 Å². The van der Waals surface area contributed by atoms with Gasteiger partial charge < -0.3 is 15.0 Å². The number of carbonyl (C=O) groups is 3. The SMILES string of the molecule is COC(=O)c1cc(NC(=O)c2ccc3c(c2)CCN3C(C)=O)ccc1Cl. The summed E-state index contributed by atoms with van der Waals surface area (Å²) in [7, 11) is 1.26. The Kier molecular flexibility index (Phi) is 4.95. The number of methoxy groups -OCH3 is 1. The number of ether oxygens (including phenoxy) is 1. The van der Waals surface area contributed by atoms with Crippen LogP contribution in [0.15, 0.2) is 36.4 Å². The van der Waals surface area contributed by atoms with Crippen LogP contribution < -0.4 is 10.2 Å². The second-order valence-electron chi connectivity index (χ2n) is 5.90. The van der Waals surface area contributed by atoms with E-state index in [0.717, 1.165) is 11.3 Å². The highest BCUT2D eigenvalue weighted by molar-refractivity contribution is 6.33. The molecule has 1 aliphatic rings. The number of esters is 1. The predicted octanol–water partition coefficient (Wildman–Crippen LogP) is 3.29. The lowest BCUT2D eigenvalue weighted by molar-refractivity contribution is -0.116. The van der Waals surface area contributed by atoms with Crippen LogP contribution in [-0.4, -0.2) is 31.4 Å². The number of nitrogens with zero attached hydrogens (tertiary/aromatic N) is 1. The first kappa shape index (κ1) is 17.9. The molecule has 0 unspecified atom stereocenters. The molecule has 0 radical (unpaired) electrons. The number of rotatable bonds is 3. The molecule has 0 saturated carbocycles. The van der Waals surface area contributed by atoms with Crippen LogP contribution in [-0.2, 0) is 16.0 Å². The van der Waals surface area contributed by atoms with E-state index in [1.54, 1.807) is 29.2 Å². The molecular weight excluding hydrogens is 356 g/mol. The Bertz CT molecular complexity index is 910. The number of anilines is 2. The van der Waals surface area contributed by atoms with E-state index in [2.05, 4.69) is 10.1 Å². The molecule has 1 heterocycles. The van der Waals surface area contributed by atoms with Crippen LogP contribution >= 0.6 is 11.6 Å². The molecule has 6 nitrogen and oxygen atoms in total. The van der Waals surface area contributed by atoms with Crippen molar-refractivity contribution < 1.29 is 19.1 Å². The molecular formula is C19H17ClN2O4. The smallest absolute Gasteiger partial charge is 0.339 e.